The van der Waals surface area contributed by atoms with Gasteiger partial charge in [-0.25, -0.2) is 0 Å². The summed E-state index contributed by atoms with van der Waals surface area (Å²) >= 11 is 8.48. The lowest BCUT2D eigenvalue weighted by molar-refractivity contribution is -0.144. The zero-order valence-electron chi connectivity index (χ0n) is 7.61. The molecule has 0 aliphatic rings. The van der Waals surface area contributed by atoms with Gasteiger partial charge in [-0.1, -0.05) is 6.42 Å². The number of nitrogens with two attached hydrogens (primary N) is 1. The number of hydrogen-bond acceptors (Lipinski definition) is 5. The Labute approximate surface area is 90.2 Å². The Hall–Kier alpha value is 0.130. The van der Waals surface area contributed by atoms with E-state index in [1.165, 1.54) is 0 Å². The maximum Gasteiger partial charge on any atom is 0.324 e. The van der Waals surface area contributed by atoms with Gasteiger partial charge in [0.15, 0.2) is 0 Å². The second kappa shape index (κ2) is 8.72. The average molecular weight is 223 g/mol. The van der Waals surface area contributed by atoms with Crippen molar-refractivity contribution < 1.29 is 9.63 Å². The average Bonchev–Trinajstić information content (AvgIpc) is 2.12. The molecule has 0 aromatic heterocycles. The molecule has 0 aliphatic carbocycles. The number of unbranched alkanes of at least 4 members (excludes halogenated alkanes) is 1. The highest BCUT2D eigenvalue weighted by atomic mass is 32.1. The Balaban J connectivity index is 3.20. The van der Waals surface area contributed by atoms with Crippen LogP contribution in [0, 0.1) is 0 Å². The first-order valence-corrected chi connectivity index (χ1v) is 5.54. The third-order valence-electron chi connectivity index (χ3n) is 1.76. The quantitative estimate of drug-likeness (QED) is 0.349. The fraction of sp³-hybridized carbons (Fsp3) is 0.875. The van der Waals surface area contributed by atoms with Crippen LogP contribution in [-0.2, 0) is 9.63 Å². The molecule has 0 saturated heterocycles. The summed E-state index contributed by atoms with van der Waals surface area (Å²) in [6.45, 7) is 0. The summed E-state index contributed by atoms with van der Waals surface area (Å²) in [5.74, 6) is 5.20. The Morgan fingerprint density at radius 3 is 2.62 bits per heavy atom. The minimum Gasteiger partial charge on any atom is -0.373 e. The van der Waals surface area contributed by atoms with Crippen LogP contribution in [0.25, 0.3) is 0 Å². The molecular weight excluding hydrogens is 206 g/mol. The number of hydrogen-bond donors (Lipinski definition) is 3. The van der Waals surface area contributed by atoms with Crippen molar-refractivity contribution in [3.63, 3.8) is 0 Å². The van der Waals surface area contributed by atoms with Gasteiger partial charge in [-0.05, 0) is 25.0 Å². The Morgan fingerprint density at radius 2 is 2.08 bits per heavy atom. The zero-order valence-corrected chi connectivity index (χ0v) is 9.40. The van der Waals surface area contributed by atoms with Gasteiger partial charge in [-0.15, -0.1) is 0 Å². The second-order valence-electron chi connectivity index (χ2n) is 2.90. The number of thiol groups is 2. The minimum atomic E-state index is -0.343. The van der Waals surface area contributed by atoms with E-state index in [9.17, 15) is 4.79 Å². The van der Waals surface area contributed by atoms with Gasteiger partial charge in [-0.2, -0.15) is 31.2 Å². The SMILES string of the molecule is NOC(=O)CCCCC(S)CCS. The van der Waals surface area contributed by atoms with Gasteiger partial charge in [0.1, 0.15) is 0 Å². The zero-order chi connectivity index (χ0) is 10.1. The van der Waals surface area contributed by atoms with Crippen molar-refractivity contribution in [1.82, 2.24) is 0 Å². The van der Waals surface area contributed by atoms with Gasteiger partial charge < -0.3 is 4.84 Å². The van der Waals surface area contributed by atoms with Crippen LogP contribution in [0.4, 0.5) is 0 Å². The Morgan fingerprint density at radius 1 is 1.38 bits per heavy atom. The van der Waals surface area contributed by atoms with Crippen molar-refractivity contribution in [3.8, 4) is 0 Å². The second-order valence-corrected chi connectivity index (χ2v) is 4.08. The van der Waals surface area contributed by atoms with Crippen LogP contribution in [0.3, 0.4) is 0 Å². The lowest BCUT2D eigenvalue weighted by Gasteiger charge is -2.07. The van der Waals surface area contributed by atoms with E-state index in [0.29, 0.717) is 11.7 Å². The largest absolute Gasteiger partial charge is 0.373 e. The molecule has 0 amide bonds. The predicted octanol–water partition coefficient (Wildman–Crippen LogP) is 1.58. The molecule has 0 fully saturated rings. The van der Waals surface area contributed by atoms with Gasteiger partial charge in [0.25, 0.3) is 0 Å². The van der Waals surface area contributed by atoms with Gasteiger partial charge in [-0.3, -0.25) is 4.79 Å². The predicted molar refractivity (Wildman–Crippen MR) is 60.0 cm³/mol. The standard InChI is InChI=1S/C8H17NO2S2/c9-11-8(10)4-2-1-3-7(13)5-6-12/h7,12-13H,1-6,9H2. The smallest absolute Gasteiger partial charge is 0.324 e. The summed E-state index contributed by atoms with van der Waals surface area (Å²) in [7, 11) is 0. The van der Waals surface area contributed by atoms with E-state index < -0.39 is 0 Å². The van der Waals surface area contributed by atoms with E-state index in [1.54, 1.807) is 0 Å². The van der Waals surface area contributed by atoms with Crippen LogP contribution in [0.15, 0.2) is 0 Å². The van der Waals surface area contributed by atoms with Crippen molar-refractivity contribution in [1.29, 1.82) is 0 Å². The lowest BCUT2D eigenvalue weighted by atomic mass is 10.1. The van der Waals surface area contributed by atoms with Crippen molar-refractivity contribution in [2.45, 2.75) is 37.4 Å². The fourth-order valence-electron chi connectivity index (χ4n) is 1.00. The molecular formula is C8H17NO2S2. The molecule has 5 heteroatoms. The maximum absolute atomic E-state index is 10.6. The number of rotatable bonds is 7. The van der Waals surface area contributed by atoms with Crippen LogP contribution in [0.2, 0.25) is 0 Å². The van der Waals surface area contributed by atoms with Crippen LogP contribution < -0.4 is 5.90 Å². The summed E-state index contributed by atoms with van der Waals surface area (Å²) in [5, 5.41) is 0.395. The summed E-state index contributed by atoms with van der Waals surface area (Å²) in [4.78, 5) is 14.6. The van der Waals surface area contributed by atoms with E-state index in [4.69, 9.17) is 0 Å². The number of carbonyl (C=O) groups excluding carboxylic acids is 1. The Bertz CT molecular complexity index is 144. The summed E-state index contributed by atoms with van der Waals surface area (Å²) in [5.41, 5.74) is 0. The fourth-order valence-corrected chi connectivity index (χ4v) is 1.83. The van der Waals surface area contributed by atoms with E-state index in [0.717, 1.165) is 31.4 Å². The first-order chi connectivity index (χ1) is 6.20. The van der Waals surface area contributed by atoms with Crippen molar-refractivity contribution in [2.24, 2.45) is 5.90 Å². The van der Waals surface area contributed by atoms with Gasteiger partial charge in [0.05, 0.1) is 0 Å². The highest BCUT2D eigenvalue weighted by Crippen LogP contribution is 2.12. The molecule has 0 spiro atoms. The van der Waals surface area contributed by atoms with Gasteiger partial charge in [0.2, 0.25) is 0 Å². The van der Waals surface area contributed by atoms with Crippen LogP contribution in [0.5, 0.6) is 0 Å². The summed E-state index contributed by atoms with van der Waals surface area (Å²) in [6, 6.07) is 0. The van der Waals surface area contributed by atoms with Crippen LogP contribution in [0.1, 0.15) is 32.1 Å². The summed E-state index contributed by atoms with van der Waals surface area (Å²) in [6.07, 6.45) is 4.23. The molecule has 78 valence electrons. The Kier molecular flexibility index (Phi) is 8.80. The lowest BCUT2D eigenvalue weighted by Crippen LogP contribution is -2.09. The van der Waals surface area contributed by atoms with E-state index in [1.807, 2.05) is 0 Å². The molecule has 13 heavy (non-hydrogen) atoms. The highest BCUT2D eigenvalue weighted by molar-refractivity contribution is 7.81. The molecule has 0 heterocycles. The molecule has 1 unspecified atom stereocenters. The van der Waals surface area contributed by atoms with Crippen LogP contribution >= 0.6 is 25.3 Å². The van der Waals surface area contributed by atoms with E-state index in [2.05, 4.69) is 36.0 Å². The summed E-state index contributed by atoms with van der Waals surface area (Å²) < 4.78 is 0. The molecule has 2 N–H and O–H groups in total. The topological polar surface area (TPSA) is 52.3 Å². The minimum absolute atomic E-state index is 0.343. The van der Waals surface area contributed by atoms with Gasteiger partial charge in [0, 0.05) is 11.7 Å². The highest BCUT2D eigenvalue weighted by Gasteiger charge is 2.03. The van der Waals surface area contributed by atoms with E-state index >= 15 is 0 Å². The van der Waals surface area contributed by atoms with E-state index in [-0.39, 0.29) is 5.97 Å². The first-order valence-electron chi connectivity index (χ1n) is 4.39. The van der Waals surface area contributed by atoms with Crippen molar-refractivity contribution >= 4 is 31.2 Å². The molecule has 0 aromatic rings. The molecule has 0 rings (SSSR count). The third-order valence-corrected chi connectivity index (χ3v) is 2.54. The third kappa shape index (κ3) is 8.46. The molecule has 0 bridgehead atoms. The molecule has 0 radical (unpaired) electrons. The van der Waals surface area contributed by atoms with Crippen molar-refractivity contribution in [3.05, 3.63) is 0 Å². The molecule has 0 saturated carbocycles. The molecule has 3 nitrogen and oxygen atoms in total. The molecule has 0 aromatic carbocycles. The monoisotopic (exact) mass is 223 g/mol. The first kappa shape index (κ1) is 13.1. The van der Waals surface area contributed by atoms with Crippen molar-refractivity contribution in [2.75, 3.05) is 5.75 Å². The van der Waals surface area contributed by atoms with Crippen LogP contribution in [-0.4, -0.2) is 17.0 Å². The number of carbonyl (C=O) groups is 1. The normalized spacial score (nSPS) is 12.5. The molecule has 0 aliphatic heterocycles. The van der Waals surface area contributed by atoms with Gasteiger partial charge >= 0.3 is 5.97 Å². The molecule has 1 atom stereocenters. The maximum atomic E-state index is 10.6.